The van der Waals surface area contributed by atoms with E-state index in [0.29, 0.717) is 0 Å². The second-order valence-corrected chi connectivity index (χ2v) is 10.0. The number of hydrogen-bond acceptors (Lipinski definition) is 0. The van der Waals surface area contributed by atoms with Crippen molar-refractivity contribution < 1.29 is 17.3 Å². The van der Waals surface area contributed by atoms with E-state index in [1.54, 1.807) is 18.5 Å². The van der Waals surface area contributed by atoms with Crippen LogP contribution in [0.2, 0.25) is 0 Å². The first kappa shape index (κ1) is 23.5. The predicted molar refractivity (Wildman–Crippen MR) is 91.5 cm³/mol. The van der Waals surface area contributed by atoms with Gasteiger partial charge in [0.05, 0.1) is 18.5 Å². The van der Waals surface area contributed by atoms with Crippen LogP contribution in [0.25, 0.3) is 0 Å². The standard InChI is InChI=1S/C15H33P.BF4/c1-13(2)7-10-16(11-8-14(3)4)12-9-15(5)6;2-1(3,4)5/h13-15H,7-12H2,1-6H3;/q;-1/p+1. The summed E-state index contributed by atoms with van der Waals surface area (Å²) in [6.07, 6.45) is 9.06. The summed E-state index contributed by atoms with van der Waals surface area (Å²) in [4.78, 5) is 0. The maximum absolute atomic E-state index is 9.75. The lowest BCUT2D eigenvalue weighted by molar-refractivity contribution is 0.368. The molecule has 0 saturated carbocycles. The third-order valence-corrected chi connectivity index (χ3v) is 6.21. The number of halogens is 4. The molecule has 0 fully saturated rings. The van der Waals surface area contributed by atoms with Crippen LogP contribution in [0.4, 0.5) is 17.3 Å². The normalized spacial score (nSPS) is 12.3. The molecule has 0 aliphatic rings. The molecule has 0 rings (SSSR count). The summed E-state index contributed by atoms with van der Waals surface area (Å²) >= 11 is 0. The first-order chi connectivity index (χ1) is 9.41. The fraction of sp³-hybridized carbons (Fsp3) is 1.00. The Labute approximate surface area is 130 Å². The van der Waals surface area contributed by atoms with Crippen LogP contribution in [0.15, 0.2) is 0 Å². The molecule has 21 heavy (non-hydrogen) atoms. The van der Waals surface area contributed by atoms with Gasteiger partial charge in [-0.1, -0.05) is 41.5 Å². The monoisotopic (exact) mass is 332 g/mol. The van der Waals surface area contributed by atoms with Crippen molar-refractivity contribution in [3.63, 3.8) is 0 Å². The molecule has 0 amide bonds. The molecular weight excluding hydrogens is 298 g/mol. The number of rotatable bonds is 9. The molecule has 6 heteroatoms. The van der Waals surface area contributed by atoms with Gasteiger partial charge in [0.2, 0.25) is 0 Å². The minimum absolute atomic E-state index is 0.0302. The van der Waals surface area contributed by atoms with E-state index in [1.165, 1.54) is 19.3 Å². The molecule has 0 aliphatic heterocycles. The number of hydrogen-bond donors (Lipinski definition) is 0. The molecule has 0 aromatic rings. The smallest absolute Gasteiger partial charge is 0.418 e. The van der Waals surface area contributed by atoms with E-state index in [1.807, 2.05) is 0 Å². The van der Waals surface area contributed by atoms with Gasteiger partial charge < -0.3 is 17.3 Å². The zero-order valence-corrected chi connectivity index (χ0v) is 15.6. The minimum Gasteiger partial charge on any atom is -0.418 e. The van der Waals surface area contributed by atoms with Crippen LogP contribution in [0, 0.1) is 17.8 Å². The molecular formula is C15H34BF4P. The maximum Gasteiger partial charge on any atom is 0.673 e. The van der Waals surface area contributed by atoms with Gasteiger partial charge in [0, 0.05) is 7.92 Å². The van der Waals surface area contributed by atoms with Crippen LogP contribution >= 0.6 is 7.92 Å². The van der Waals surface area contributed by atoms with Gasteiger partial charge in [0.25, 0.3) is 0 Å². The van der Waals surface area contributed by atoms with E-state index in [9.17, 15) is 17.3 Å². The topological polar surface area (TPSA) is 0 Å². The second-order valence-electron chi connectivity index (χ2n) is 7.04. The van der Waals surface area contributed by atoms with Crippen LogP contribution < -0.4 is 0 Å². The fourth-order valence-electron chi connectivity index (χ4n) is 1.85. The lowest BCUT2D eigenvalue weighted by atomic mass is 10.2. The van der Waals surface area contributed by atoms with Crippen molar-refractivity contribution in [2.45, 2.75) is 60.8 Å². The molecule has 0 aliphatic carbocycles. The van der Waals surface area contributed by atoms with E-state index < -0.39 is 7.25 Å². The van der Waals surface area contributed by atoms with Crippen LogP contribution in [0.1, 0.15) is 60.8 Å². The Morgan fingerprint density at radius 2 is 0.810 bits per heavy atom. The van der Waals surface area contributed by atoms with Crippen molar-refractivity contribution in [2.24, 2.45) is 17.8 Å². The van der Waals surface area contributed by atoms with Crippen LogP contribution in [0.5, 0.6) is 0 Å². The van der Waals surface area contributed by atoms with E-state index in [0.717, 1.165) is 17.8 Å². The highest BCUT2D eigenvalue weighted by molar-refractivity contribution is 7.57. The minimum atomic E-state index is -6.00. The van der Waals surface area contributed by atoms with Gasteiger partial charge >= 0.3 is 7.25 Å². The SMILES string of the molecule is CC(C)CC[PH+](CCC(C)C)CCC(C)C.F[B-](F)(F)F. The van der Waals surface area contributed by atoms with E-state index in [-0.39, 0.29) is 7.92 Å². The van der Waals surface area contributed by atoms with Crippen LogP contribution in [-0.4, -0.2) is 25.7 Å². The summed E-state index contributed by atoms with van der Waals surface area (Å²) in [7, 11) is -6.03. The molecule has 0 atom stereocenters. The molecule has 0 N–H and O–H groups in total. The molecule has 0 aromatic heterocycles. The zero-order chi connectivity index (χ0) is 17.1. The molecule has 0 unspecified atom stereocenters. The Morgan fingerprint density at radius 1 is 0.619 bits per heavy atom. The van der Waals surface area contributed by atoms with Gasteiger partial charge in [0.1, 0.15) is 0 Å². The van der Waals surface area contributed by atoms with Crippen LogP contribution in [0.3, 0.4) is 0 Å². The highest BCUT2D eigenvalue weighted by Gasteiger charge is 2.20. The summed E-state index contributed by atoms with van der Waals surface area (Å²) in [5, 5.41) is 0. The molecule has 0 nitrogen and oxygen atoms in total. The van der Waals surface area contributed by atoms with Crippen LogP contribution in [-0.2, 0) is 0 Å². The maximum atomic E-state index is 9.75. The van der Waals surface area contributed by atoms with E-state index >= 15 is 0 Å². The lowest BCUT2D eigenvalue weighted by Crippen LogP contribution is -2.03. The van der Waals surface area contributed by atoms with Gasteiger partial charge in [-0.25, -0.2) is 0 Å². The van der Waals surface area contributed by atoms with E-state index in [2.05, 4.69) is 41.5 Å². The lowest BCUT2D eigenvalue weighted by Gasteiger charge is -2.14. The van der Waals surface area contributed by atoms with Gasteiger partial charge in [0.15, 0.2) is 0 Å². The molecule has 0 spiro atoms. The zero-order valence-electron chi connectivity index (χ0n) is 14.6. The first-order valence-electron chi connectivity index (χ1n) is 8.12. The molecule has 0 aromatic carbocycles. The first-order valence-corrected chi connectivity index (χ1v) is 10.2. The molecule has 0 heterocycles. The van der Waals surface area contributed by atoms with Gasteiger partial charge in [-0.15, -0.1) is 0 Å². The quantitative estimate of drug-likeness (QED) is 0.252. The van der Waals surface area contributed by atoms with Gasteiger partial charge in [-0.05, 0) is 37.0 Å². The van der Waals surface area contributed by atoms with E-state index in [4.69, 9.17) is 0 Å². The third kappa shape index (κ3) is 29.0. The highest BCUT2D eigenvalue weighted by Crippen LogP contribution is 2.40. The third-order valence-electron chi connectivity index (χ3n) is 3.23. The van der Waals surface area contributed by atoms with Crippen molar-refractivity contribution in [3.8, 4) is 0 Å². The highest BCUT2D eigenvalue weighted by atomic mass is 31.1. The Hall–Kier alpha value is 0.215. The average Bonchev–Trinajstić information content (AvgIpc) is 2.24. The summed E-state index contributed by atoms with van der Waals surface area (Å²) < 4.78 is 39.0. The average molecular weight is 332 g/mol. The Kier molecular flexibility index (Phi) is 14.2. The summed E-state index contributed by atoms with van der Waals surface area (Å²) in [5.41, 5.74) is 0. The fourth-order valence-corrected chi connectivity index (χ4v) is 5.56. The molecule has 130 valence electrons. The molecule has 0 saturated heterocycles. The van der Waals surface area contributed by atoms with Gasteiger partial charge in [-0.2, -0.15) is 0 Å². The Balaban J connectivity index is 0. The van der Waals surface area contributed by atoms with Crippen molar-refractivity contribution >= 4 is 15.2 Å². The summed E-state index contributed by atoms with van der Waals surface area (Å²) in [5.74, 6) is 2.70. The van der Waals surface area contributed by atoms with Crippen molar-refractivity contribution in [3.05, 3.63) is 0 Å². The second kappa shape index (κ2) is 12.7. The largest absolute Gasteiger partial charge is 0.673 e. The summed E-state index contributed by atoms with van der Waals surface area (Å²) in [6.45, 7) is 14.2. The Morgan fingerprint density at radius 3 is 0.952 bits per heavy atom. The molecule has 0 bridgehead atoms. The predicted octanol–water partition coefficient (Wildman–Crippen LogP) is 6.64. The van der Waals surface area contributed by atoms with Gasteiger partial charge in [-0.3, -0.25) is 0 Å². The van der Waals surface area contributed by atoms with Crippen molar-refractivity contribution in [2.75, 3.05) is 18.5 Å². The van der Waals surface area contributed by atoms with Crippen molar-refractivity contribution in [1.82, 2.24) is 0 Å². The Bertz CT molecular complexity index is 196. The summed E-state index contributed by atoms with van der Waals surface area (Å²) in [6, 6.07) is 0. The van der Waals surface area contributed by atoms with Crippen molar-refractivity contribution in [1.29, 1.82) is 0 Å². The molecule has 0 radical (unpaired) electrons.